The van der Waals surface area contributed by atoms with Gasteiger partial charge in [-0.1, -0.05) is 18.2 Å². The summed E-state index contributed by atoms with van der Waals surface area (Å²) in [7, 11) is 1.54. The van der Waals surface area contributed by atoms with Crippen molar-refractivity contribution < 1.29 is 14.4 Å². The number of benzene rings is 2. The summed E-state index contributed by atoms with van der Waals surface area (Å²) in [4.78, 5) is 37.0. The maximum Gasteiger partial charge on any atom is 0.316 e. The number of hydrogen-bond acceptors (Lipinski definition) is 3. The summed E-state index contributed by atoms with van der Waals surface area (Å²) in [6.07, 6.45) is 0. The number of hydrogen-bond donors (Lipinski definition) is 3. The molecule has 2 aromatic carbocycles. The van der Waals surface area contributed by atoms with Gasteiger partial charge in [0, 0.05) is 24.0 Å². The lowest BCUT2D eigenvalue weighted by Crippen LogP contribution is -2.35. The van der Waals surface area contributed by atoms with E-state index in [1.165, 1.54) is 11.0 Å². The van der Waals surface area contributed by atoms with E-state index in [4.69, 9.17) is 5.73 Å². The summed E-state index contributed by atoms with van der Waals surface area (Å²) in [5, 5.41) is 5.23. The number of aryl methyl sites for hydroxylation is 2. The molecule has 0 saturated carbocycles. The van der Waals surface area contributed by atoms with E-state index in [0.29, 0.717) is 11.3 Å². The smallest absolute Gasteiger partial charge is 0.316 e. The van der Waals surface area contributed by atoms with Crippen LogP contribution in [0.4, 0.5) is 16.2 Å². The quantitative estimate of drug-likeness (QED) is 0.768. The molecule has 0 radical (unpaired) electrons. The van der Waals surface area contributed by atoms with Crippen molar-refractivity contribution in [3.05, 3.63) is 59.2 Å². The number of urea groups is 1. The monoisotopic (exact) mass is 354 g/mol. The van der Waals surface area contributed by atoms with Gasteiger partial charge in [0.15, 0.2) is 0 Å². The number of nitrogens with two attached hydrogens (primary N) is 1. The zero-order chi connectivity index (χ0) is 19.3. The summed E-state index contributed by atoms with van der Waals surface area (Å²) < 4.78 is 0. The molecule has 0 unspecified atom stereocenters. The molecule has 0 atom stereocenters. The van der Waals surface area contributed by atoms with Crippen LogP contribution in [0, 0.1) is 13.8 Å². The molecule has 4 N–H and O–H groups in total. The fourth-order valence-electron chi connectivity index (χ4n) is 2.44. The third-order valence-corrected chi connectivity index (χ3v) is 3.77. The van der Waals surface area contributed by atoms with Crippen molar-refractivity contribution in [1.29, 1.82) is 0 Å². The Balaban J connectivity index is 2.03. The van der Waals surface area contributed by atoms with Crippen molar-refractivity contribution in [2.24, 2.45) is 5.73 Å². The number of nitrogens with one attached hydrogen (secondary N) is 2. The summed E-state index contributed by atoms with van der Waals surface area (Å²) >= 11 is 0. The number of rotatable bonds is 5. The van der Waals surface area contributed by atoms with E-state index in [0.717, 1.165) is 16.8 Å². The second-order valence-electron chi connectivity index (χ2n) is 6.10. The van der Waals surface area contributed by atoms with Crippen LogP contribution in [0.3, 0.4) is 0 Å². The van der Waals surface area contributed by atoms with Gasteiger partial charge in [-0.2, -0.15) is 0 Å². The lowest BCUT2D eigenvalue weighted by molar-refractivity contribution is -0.116. The maximum atomic E-state index is 12.5. The maximum absolute atomic E-state index is 12.5. The van der Waals surface area contributed by atoms with Crippen molar-refractivity contribution in [2.75, 3.05) is 24.2 Å². The second kappa shape index (κ2) is 8.15. The fraction of sp³-hybridized carbons (Fsp3) is 0.211. The molecule has 0 bridgehead atoms. The highest BCUT2D eigenvalue weighted by molar-refractivity contribution is 6.00. The van der Waals surface area contributed by atoms with Crippen LogP contribution in [0.2, 0.25) is 0 Å². The molecule has 2 rings (SSSR count). The standard InChI is InChI=1S/C19H22N4O3/c1-12-7-8-13(2)16(9-12)22-17(24)11-23(3)18(25)14-5-4-6-15(10-14)21-19(20)26/h4-10H,11H2,1-3H3,(H,22,24)(H3,20,21,26). The Morgan fingerprint density at radius 3 is 2.46 bits per heavy atom. The van der Waals surface area contributed by atoms with Crippen LogP contribution in [0.25, 0.3) is 0 Å². The van der Waals surface area contributed by atoms with Gasteiger partial charge in [0.1, 0.15) is 0 Å². The first kappa shape index (κ1) is 19.0. The molecule has 0 fully saturated rings. The Morgan fingerprint density at radius 1 is 1.04 bits per heavy atom. The number of amides is 4. The van der Waals surface area contributed by atoms with E-state index >= 15 is 0 Å². The van der Waals surface area contributed by atoms with Crippen molar-refractivity contribution in [1.82, 2.24) is 4.90 Å². The normalized spacial score (nSPS) is 10.1. The minimum absolute atomic E-state index is 0.0975. The summed E-state index contributed by atoms with van der Waals surface area (Å²) in [6.45, 7) is 3.75. The first-order chi connectivity index (χ1) is 12.3. The Morgan fingerprint density at radius 2 is 1.77 bits per heavy atom. The Labute approximate surface area is 152 Å². The number of carbonyl (C=O) groups is 3. The lowest BCUT2D eigenvalue weighted by Gasteiger charge is -2.18. The van der Waals surface area contributed by atoms with Crippen molar-refractivity contribution >= 4 is 29.2 Å². The molecule has 7 heteroatoms. The van der Waals surface area contributed by atoms with Crippen LogP contribution in [-0.4, -0.2) is 36.3 Å². The Kier molecular flexibility index (Phi) is 5.95. The Hall–Kier alpha value is -3.35. The lowest BCUT2D eigenvalue weighted by atomic mass is 10.1. The number of carbonyl (C=O) groups excluding carboxylic acids is 3. The molecular formula is C19H22N4O3. The van der Waals surface area contributed by atoms with Crippen molar-refractivity contribution in [3.63, 3.8) is 0 Å². The third-order valence-electron chi connectivity index (χ3n) is 3.77. The number of nitrogens with zero attached hydrogens (tertiary/aromatic N) is 1. The zero-order valence-electron chi connectivity index (χ0n) is 15.0. The van der Waals surface area contributed by atoms with Gasteiger partial charge in [-0.05, 0) is 49.2 Å². The van der Waals surface area contributed by atoms with E-state index in [1.807, 2.05) is 32.0 Å². The minimum Gasteiger partial charge on any atom is -0.351 e. The van der Waals surface area contributed by atoms with Gasteiger partial charge in [-0.3, -0.25) is 9.59 Å². The predicted molar refractivity (Wildman–Crippen MR) is 101 cm³/mol. The number of primary amides is 1. The number of likely N-dealkylation sites (N-methyl/N-ethyl adjacent to an activating group) is 1. The zero-order valence-corrected chi connectivity index (χ0v) is 15.0. The van der Waals surface area contributed by atoms with Gasteiger partial charge in [0.2, 0.25) is 5.91 Å². The molecule has 0 aromatic heterocycles. The molecule has 7 nitrogen and oxygen atoms in total. The largest absolute Gasteiger partial charge is 0.351 e. The molecular weight excluding hydrogens is 332 g/mol. The van der Waals surface area contributed by atoms with E-state index in [2.05, 4.69) is 10.6 Å². The predicted octanol–water partition coefficient (Wildman–Crippen LogP) is 2.50. The van der Waals surface area contributed by atoms with Crippen molar-refractivity contribution in [3.8, 4) is 0 Å². The molecule has 4 amide bonds. The number of anilines is 2. The molecule has 0 aliphatic rings. The van der Waals surface area contributed by atoms with E-state index in [1.54, 1.807) is 25.2 Å². The molecule has 0 aliphatic carbocycles. The second-order valence-corrected chi connectivity index (χ2v) is 6.10. The van der Waals surface area contributed by atoms with Crippen LogP contribution in [0.1, 0.15) is 21.5 Å². The van der Waals surface area contributed by atoms with Gasteiger partial charge in [-0.25, -0.2) is 4.79 Å². The summed E-state index contributed by atoms with van der Waals surface area (Å²) in [5.74, 6) is -0.629. The third kappa shape index (κ3) is 5.07. The molecule has 2 aromatic rings. The molecule has 0 heterocycles. The van der Waals surface area contributed by atoms with E-state index in [9.17, 15) is 14.4 Å². The van der Waals surface area contributed by atoms with Crippen LogP contribution in [-0.2, 0) is 4.79 Å². The van der Waals surface area contributed by atoms with Crippen LogP contribution in [0.15, 0.2) is 42.5 Å². The van der Waals surface area contributed by atoms with Gasteiger partial charge in [0.25, 0.3) is 5.91 Å². The first-order valence-corrected chi connectivity index (χ1v) is 8.05. The topological polar surface area (TPSA) is 105 Å². The first-order valence-electron chi connectivity index (χ1n) is 8.05. The van der Waals surface area contributed by atoms with Gasteiger partial charge in [-0.15, -0.1) is 0 Å². The highest BCUT2D eigenvalue weighted by Crippen LogP contribution is 2.16. The van der Waals surface area contributed by atoms with Crippen LogP contribution in [0.5, 0.6) is 0 Å². The van der Waals surface area contributed by atoms with Gasteiger partial charge in [0.05, 0.1) is 6.54 Å². The fourth-order valence-corrected chi connectivity index (χ4v) is 2.44. The van der Waals surface area contributed by atoms with Crippen LogP contribution < -0.4 is 16.4 Å². The summed E-state index contributed by atoms with van der Waals surface area (Å²) in [5.41, 5.74) is 8.54. The highest BCUT2D eigenvalue weighted by Gasteiger charge is 2.16. The van der Waals surface area contributed by atoms with Crippen molar-refractivity contribution in [2.45, 2.75) is 13.8 Å². The molecule has 0 saturated heterocycles. The average Bonchev–Trinajstić information content (AvgIpc) is 2.57. The summed E-state index contributed by atoms with van der Waals surface area (Å²) in [6, 6.07) is 11.4. The molecule has 26 heavy (non-hydrogen) atoms. The molecule has 0 aliphatic heterocycles. The van der Waals surface area contributed by atoms with Gasteiger partial charge < -0.3 is 21.3 Å². The van der Waals surface area contributed by atoms with Gasteiger partial charge >= 0.3 is 6.03 Å². The minimum atomic E-state index is -0.712. The molecule has 136 valence electrons. The average molecular weight is 354 g/mol. The Bertz CT molecular complexity index is 848. The highest BCUT2D eigenvalue weighted by atomic mass is 16.2. The van der Waals surface area contributed by atoms with E-state index < -0.39 is 6.03 Å². The molecule has 0 spiro atoms. The van der Waals surface area contributed by atoms with E-state index in [-0.39, 0.29) is 18.4 Å². The SMILES string of the molecule is Cc1ccc(C)c(NC(=O)CN(C)C(=O)c2cccc(NC(N)=O)c2)c1. The van der Waals surface area contributed by atoms with Crippen LogP contribution >= 0.6 is 0 Å².